The lowest BCUT2D eigenvalue weighted by Gasteiger charge is -2.31. The summed E-state index contributed by atoms with van der Waals surface area (Å²) in [5.74, 6) is -0.554. The maximum atomic E-state index is 13.7. The number of para-hydroxylation sites is 1. The van der Waals surface area contributed by atoms with Gasteiger partial charge in [-0.3, -0.25) is 9.59 Å². The van der Waals surface area contributed by atoms with Gasteiger partial charge >= 0.3 is 0 Å². The van der Waals surface area contributed by atoms with Gasteiger partial charge in [0.25, 0.3) is 0 Å². The molecular formula is C20H15FN4O2. The Balaban J connectivity index is 1.78. The van der Waals surface area contributed by atoms with E-state index in [1.807, 2.05) is 25.1 Å². The number of rotatable bonds is 1. The van der Waals surface area contributed by atoms with Gasteiger partial charge in [0.2, 0.25) is 11.8 Å². The molecule has 2 aliphatic heterocycles. The highest BCUT2D eigenvalue weighted by Gasteiger charge is 2.54. The van der Waals surface area contributed by atoms with Crippen molar-refractivity contribution in [1.29, 1.82) is 0 Å². The first kappa shape index (κ1) is 15.7. The molecule has 0 aliphatic carbocycles. The van der Waals surface area contributed by atoms with Gasteiger partial charge in [0.05, 0.1) is 11.9 Å². The molecule has 0 fully saturated rings. The Morgan fingerprint density at radius 2 is 1.93 bits per heavy atom. The third kappa shape index (κ3) is 2.02. The van der Waals surface area contributed by atoms with Crippen LogP contribution in [0.5, 0.6) is 0 Å². The molecule has 6 nitrogen and oxygen atoms in total. The fourth-order valence-corrected chi connectivity index (χ4v) is 4.07. The quantitative estimate of drug-likeness (QED) is 0.699. The van der Waals surface area contributed by atoms with Crippen LogP contribution in [0.1, 0.15) is 23.1 Å². The Labute approximate surface area is 154 Å². The molecule has 0 unspecified atom stereocenters. The number of benzene rings is 2. The number of fused-ring (bicyclic) bond motifs is 4. The molecular weight excluding hydrogens is 347 g/mol. The van der Waals surface area contributed by atoms with Crippen molar-refractivity contribution in [2.24, 2.45) is 0 Å². The molecule has 134 valence electrons. The number of carbonyl (C=O) groups is 2. The van der Waals surface area contributed by atoms with Gasteiger partial charge in [0, 0.05) is 17.7 Å². The largest absolute Gasteiger partial charge is 0.324 e. The summed E-state index contributed by atoms with van der Waals surface area (Å²) < 4.78 is 15.1. The van der Waals surface area contributed by atoms with Crippen LogP contribution in [0.15, 0.2) is 48.7 Å². The first-order chi connectivity index (χ1) is 13.0. The summed E-state index contributed by atoms with van der Waals surface area (Å²) in [5.41, 5.74) is 2.38. The van der Waals surface area contributed by atoms with Gasteiger partial charge < -0.3 is 10.6 Å². The predicted molar refractivity (Wildman–Crippen MR) is 97.4 cm³/mol. The normalized spacial score (nSPS) is 20.2. The number of aryl methyl sites for hydroxylation is 1. The van der Waals surface area contributed by atoms with Crippen LogP contribution in [0, 0.1) is 12.7 Å². The third-order valence-corrected chi connectivity index (χ3v) is 5.32. The molecule has 0 radical (unpaired) electrons. The number of hydrogen-bond acceptors (Lipinski definition) is 3. The lowest BCUT2D eigenvalue weighted by molar-refractivity contribution is -0.125. The zero-order valence-electron chi connectivity index (χ0n) is 14.4. The molecule has 1 atom stereocenters. The number of aromatic nitrogens is 2. The van der Waals surface area contributed by atoms with E-state index in [-0.39, 0.29) is 18.2 Å². The Morgan fingerprint density at radius 3 is 2.74 bits per heavy atom. The van der Waals surface area contributed by atoms with Crippen molar-refractivity contribution in [3.63, 3.8) is 0 Å². The molecule has 3 aromatic rings. The summed E-state index contributed by atoms with van der Waals surface area (Å²) in [7, 11) is 0. The number of anilines is 2. The van der Waals surface area contributed by atoms with Crippen molar-refractivity contribution in [2.45, 2.75) is 18.8 Å². The molecule has 2 aromatic carbocycles. The lowest BCUT2D eigenvalue weighted by atomic mass is 9.71. The molecule has 2 aliphatic rings. The second kappa shape index (κ2) is 5.26. The molecule has 0 saturated heterocycles. The van der Waals surface area contributed by atoms with E-state index in [1.165, 1.54) is 16.8 Å². The standard InChI is InChI=1S/C20H15FN4O2/c1-11-4-2-7-14-17(11)24-19(27)20(14)9-16(26)23-18-15(20)10-22-25(18)13-6-3-5-12(21)8-13/h2-8,10H,9H2,1H3,(H,23,26)(H,24,27)/t20-/m1/s1. The van der Waals surface area contributed by atoms with E-state index in [4.69, 9.17) is 0 Å². The molecule has 1 spiro atoms. The van der Waals surface area contributed by atoms with E-state index in [2.05, 4.69) is 15.7 Å². The average Bonchev–Trinajstić information content (AvgIpc) is 3.17. The van der Waals surface area contributed by atoms with E-state index in [0.717, 1.165) is 16.8 Å². The van der Waals surface area contributed by atoms with Crippen molar-refractivity contribution >= 4 is 23.3 Å². The topological polar surface area (TPSA) is 76.0 Å². The van der Waals surface area contributed by atoms with Crippen LogP contribution in [0.4, 0.5) is 15.9 Å². The van der Waals surface area contributed by atoms with Crippen molar-refractivity contribution in [3.8, 4) is 5.69 Å². The molecule has 2 N–H and O–H groups in total. The maximum Gasteiger partial charge on any atom is 0.240 e. The molecule has 2 amide bonds. The fourth-order valence-electron chi connectivity index (χ4n) is 4.07. The number of carbonyl (C=O) groups excluding carboxylic acids is 2. The third-order valence-electron chi connectivity index (χ3n) is 5.32. The Morgan fingerprint density at radius 1 is 1.11 bits per heavy atom. The van der Waals surface area contributed by atoms with Crippen molar-refractivity contribution < 1.29 is 14.0 Å². The van der Waals surface area contributed by atoms with Gasteiger partial charge in [-0.05, 0) is 36.2 Å². The predicted octanol–water partition coefficient (Wildman–Crippen LogP) is 2.90. The van der Waals surface area contributed by atoms with Gasteiger partial charge in [-0.25, -0.2) is 9.07 Å². The minimum atomic E-state index is -1.13. The summed E-state index contributed by atoms with van der Waals surface area (Å²) in [6, 6.07) is 11.6. The Hall–Kier alpha value is -3.48. The monoisotopic (exact) mass is 362 g/mol. The van der Waals surface area contributed by atoms with E-state index >= 15 is 0 Å². The van der Waals surface area contributed by atoms with Crippen LogP contribution in [0.2, 0.25) is 0 Å². The second-order valence-electron chi connectivity index (χ2n) is 6.88. The smallest absolute Gasteiger partial charge is 0.240 e. The maximum absolute atomic E-state index is 13.7. The van der Waals surface area contributed by atoms with Crippen LogP contribution >= 0.6 is 0 Å². The number of amides is 2. The van der Waals surface area contributed by atoms with Gasteiger partial charge in [-0.2, -0.15) is 5.10 Å². The highest BCUT2D eigenvalue weighted by Crippen LogP contribution is 2.50. The summed E-state index contributed by atoms with van der Waals surface area (Å²) in [4.78, 5) is 25.6. The van der Waals surface area contributed by atoms with Crippen molar-refractivity contribution in [3.05, 3.63) is 71.2 Å². The van der Waals surface area contributed by atoms with E-state index in [0.29, 0.717) is 17.1 Å². The molecule has 7 heteroatoms. The van der Waals surface area contributed by atoms with Crippen molar-refractivity contribution in [2.75, 3.05) is 10.6 Å². The summed E-state index contributed by atoms with van der Waals surface area (Å²) in [5, 5.41) is 10.1. The number of halogens is 1. The van der Waals surface area contributed by atoms with Crippen LogP contribution in [0.3, 0.4) is 0 Å². The first-order valence-corrected chi connectivity index (χ1v) is 8.56. The average molecular weight is 362 g/mol. The minimum absolute atomic E-state index is 0.00285. The lowest BCUT2D eigenvalue weighted by Crippen LogP contribution is -2.43. The van der Waals surface area contributed by atoms with Crippen LogP contribution in [-0.2, 0) is 15.0 Å². The first-order valence-electron chi connectivity index (χ1n) is 8.56. The summed E-state index contributed by atoms with van der Waals surface area (Å²) in [6.07, 6.45) is 1.58. The fraction of sp³-hybridized carbons (Fsp3) is 0.150. The zero-order valence-corrected chi connectivity index (χ0v) is 14.4. The van der Waals surface area contributed by atoms with E-state index < -0.39 is 11.2 Å². The summed E-state index contributed by atoms with van der Waals surface area (Å²) >= 11 is 0. The minimum Gasteiger partial charge on any atom is -0.324 e. The summed E-state index contributed by atoms with van der Waals surface area (Å²) in [6.45, 7) is 1.91. The van der Waals surface area contributed by atoms with Crippen LogP contribution < -0.4 is 10.6 Å². The SMILES string of the molecule is Cc1cccc2c1NC(=O)[C@]21CC(=O)Nc2c1cnn2-c1cccc(F)c1. The number of nitrogens with zero attached hydrogens (tertiary/aromatic N) is 2. The molecule has 1 aromatic heterocycles. The van der Waals surface area contributed by atoms with Gasteiger partial charge in [0.1, 0.15) is 17.1 Å². The van der Waals surface area contributed by atoms with Gasteiger partial charge in [0.15, 0.2) is 0 Å². The molecule has 5 rings (SSSR count). The highest BCUT2D eigenvalue weighted by molar-refractivity contribution is 6.15. The molecule has 0 bridgehead atoms. The van der Waals surface area contributed by atoms with Crippen LogP contribution in [-0.4, -0.2) is 21.6 Å². The van der Waals surface area contributed by atoms with Gasteiger partial charge in [-0.15, -0.1) is 0 Å². The molecule has 27 heavy (non-hydrogen) atoms. The van der Waals surface area contributed by atoms with Crippen LogP contribution in [0.25, 0.3) is 5.69 Å². The highest BCUT2D eigenvalue weighted by atomic mass is 19.1. The zero-order chi connectivity index (χ0) is 18.8. The molecule has 3 heterocycles. The number of nitrogens with one attached hydrogen (secondary N) is 2. The Kier molecular flexibility index (Phi) is 3.07. The molecule has 0 saturated carbocycles. The van der Waals surface area contributed by atoms with E-state index in [9.17, 15) is 14.0 Å². The second-order valence-corrected chi connectivity index (χ2v) is 6.88. The van der Waals surface area contributed by atoms with Crippen molar-refractivity contribution in [1.82, 2.24) is 9.78 Å². The van der Waals surface area contributed by atoms with Gasteiger partial charge in [-0.1, -0.05) is 24.3 Å². The number of hydrogen-bond donors (Lipinski definition) is 2. The van der Waals surface area contributed by atoms with E-state index in [1.54, 1.807) is 18.3 Å². The Bertz CT molecular complexity index is 1140.